The maximum Gasteiger partial charge on any atom is 0.0499 e. The molecule has 98 valence electrons. The fourth-order valence-electron chi connectivity index (χ4n) is 2.65. The van der Waals surface area contributed by atoms with Crippen LogP contribution in [0.3, 0.4) is 0 Å². The van der Waals surface area contributed by atoms with Crippen LogP contribution in [0, 0.1) is 18.3 Å². The third-order valence-electron chi connectivity index (χ3n) is 4.52. The molecule has 0 spiro atoms. The van der Waals surface area contributed by atoms with Gasteiger partial charge in [0.2, 0.25) is 0 Å². The number of benzene rings is 1. The largest absolute Gasteiger partial charge is 0.396 e. The zero-order valence-corrected chi connectivity index (χ0v) is 11.2. The van der Waals surface area contributed by atoms with E-state index in [1.165, 1.54) is 36.8 Å². The zero-order chi connectivity index (χ0) is 12.6. The van der Waals surface area contributed by atoms with Crippen molar-refractivity contribution < 1.29 is 5.11 Å². The predicted octanol–water partition coefficient (Wildman–Crippen LogP) is 2.81. The summed E-state index contributed by atoms with van der Waals surface area (Å²) in [5.41, 5.74) is 2.94. The van der Waals surface area contributed by atoms with Crippen LogP contribution in [0.2, 0.25) is 0 Å². The molecule has 2 nitrogen and oxygen atoms in total. The van der Waals surface area contributed by atoms with Gasteiger partial charge in [-0.1, -0.05) is 29.8 Å². The van der Waals surface area contributed by atoms with Crippen molar-refractivity contribution in [2.75, 3.05) is 13.2 Å². The normalized spacial score (nSPS) is 22.8. The van der Waals surface area contributed by atoms with Gasteiger partial charge in [-0.05, 0) is 44.1 Å². The Balaban J connectivity index is 1.66. The van der Waals surface area contributed by atoms with Crippen LogP contribution in [0.1, 0.15) is 42.9 Å². The van der Waals surface area contributed by atoms with Gasteiger partial charge >= 0.3 is 0 Å². The van der Waals surface area contributed by atoms with Crippen LogP contribution in [-0.2, 0) is 0 Å². The summed E-state index contributed by atoms with van der Waals surface area (Å²) in [5.74, 6) is 0.808. The zero-order valence-electron chi connectivity index (χ0n) is 11.2. The molecule has 0 saturated heterocycles. The smallest absolute Gasteiger partial charge is 0.0499 e. The highest BCUT2D eigenvalue weighted by Crippen LogP contribution is 2.46. The lowest BCUT2D eigenvalue weighted by atomic mass is 9.99. The van der Waals surface area contributed by atoms with Crippen molar-refractivity contribution in [2.24, 2.45) is 11.3 Å². The number of hydrogen-bond donors (Lipinski definition) is 2. The summed E-state index contributed by atoms with van der Waals surface area (Å²) in [7, 11) is 0. The number of aryl methyl sites for hydroxylation is 1. The molecule has 0 aliphatic heterocycles. The maximum atomic E-state index is 9.39. The molecule has 1 unspecified atom stereocenters. The molecule has 0 heterocycles. The Morgan fingerprint density at radius 1 is 1.28 bits per heavy atom. The van der Waals surface area contributed by atoms with Crippen LogP contribution in [0.25, 0.3) is 0 Å². The second kappa shape index (κ2) is 4.67. The van der Waals surface area contributed by atoms with Crippen molar-refractivity contribution >= 4 is 0 Å². The van der Waals surface area contributed by atoms with E-state index < -0.39 is 0 Å². The molecule has 2 heteroatoms. The van der Waals surface area contributed by atoms with Gasteiger partial charge in [-0.2, -0.15) is 0 Å². The van der Waals surface area contributed by atoms with Crippen LogP contribution in [-0.4, -0.2) is 18.3 Å². The van der Waals surface area contributed by atoms with Gasteiger partial charge in [0.05, 0.1) is 0 Å². The van der Waals surface area contributed by atoms with E-state index in [1.54, 1.807) is 0 Å². The fraction of sp³-hybridized carbons (Fsp3) is 0.625. The monoisotopic (exact) mass is 245 g/mol. The first kappa shape index (κ1) is 12.2. The molecule has 2 saturated carbocycles. The van der Waals surface area contributed by atoms with E-state index >= 15 is 0 Å². The van der Waals surface area contributed by atoms with Crippen molar-refractivity contribution in [3.05, 3.63) is 35.4 Å². The third kappa shape index (κ3) is 2.60. The van der Waals surface area contributed by atoms with Gasteiger partial charge < -0.3 is 10.4 Å². The van der Waals surface area contributed by atoms with Crippen molar-refractivity contribution in [1.29, 1.82) is 0 Å². The quantitative estimate of drug-likeness (QED) is 0.807. The molecule has 2 aliphatic carbocycles. The molecule has 0 aromatic heterocycles. The molecule has 1 aromatic carbocycles. The Labute approximate surface area is 109 Å². The number of rotatable bonds is 6. The van der Waals surface area contributed by atoms with E-state index in [2.05, 4.69) is 36.5 Å². The third-order valence-corrected chi connectivity index (χ3v) is 4.52. The van der Waals surface area contributed by atoms with E-state index in [0.717, 1.165) is 12.5 Å². The van der Waals surface area contributed by atoms with Gasteiger partial charge in [0.1, 0.15) is 0 Å². The summed E-state index contributed by atoms with van der Waals surface area (Å²) in [6, 6.07) is 9.40. The minimum atomic E-state index is 0.206. The first-order valence-corrected chi connectivity index (χ1v) is 7.13. The van der Waals surface area contributed by atoms with E-state index in [4.69, 9.17) is 0 Å². The average molecular weight is 245 g/mol. The topological polar surface area (TPSA) is 32.3 Å². The average Bonchev–Trinajstić information content (AvgIpc) is 3.27. The molecule has 0 radical (unpaired) electrons. The Morgan fingerprint density at radius 3 is 2.44 bits per heavy atom. The van der Waals surface area contributed by atoms with Gasteiger partial charge in [-0.15, -0.1) is 0 Å². The molecule has 18 heavy (non-hydrogen) atoms. The second-order valence-corrected chi connectivity index (χ2v) is 6.26. The lowest BCUT2D eigenvalue weighted by Crippen LogP contribution is -2.31. The van der Waals surface area contributed by atoms with E-state index in [1.807, 2.05) is 0 Å². The maximum absolute atomic E-state index is 9.39. The second-order valence-electron chi connectivity index (χ2n) is 6.26. The Hall–Kier alpha value is -0.860. The number of aliphatic hydroxyl groups excluding tert-OH is 1. The SMILES string of the molecule is Cc1ccc(C(NCC2(CO)CC2)C2CC2)cc1. The first-order chi connectivity index (χ1) is 8.72. The standard InChI is InChI=1S/C16H23NO/c1-12-2-4-13(5-3-12)15(14-6-7-14)17-10-16(11-18)8-9-16/h2-5,14-15,17-18H,6-11H2,1H3. The van der Waals surface area contributed by atoms with Crippen LogP contribution < -0.4 is 5.32 Å². The van der Waals surface area contributed by atoms with Gasteiger partial charge in [0.25, 0.3) is 0 Å². The van der Waals surface area contributed by atoms with Crippen molar-refractivity contribution in [3.8, 4) is 0 Å². The Morgan fingerprint density at radius 2 is 1.94 bits per heavy atom. The summed E-state index contributed by atoms with van der Waals surface area (Å²) in [4.78, 5) is 0. The van der Waals surface area contributed by atoms with Gasteiger partial charge in [-0.25, -0.2) is 0 Å². The predicted molar refractivity (Wildman–Crippen MR) is 73.4 cm³/mol. The molecule has 3 rings (SSSR count). The van der Waals surface area contributed by atoms with Gasteiger partial charge in [-0.3, -0.25) is 0 Å². The van der Waals surface area contributed by atoms with E-state index in [9.17, 15) is 5.11 Å². The molecule has 0 amide bonds. The molecule has 0 bridgehead atoms. The number of hydrogen-bond acceptors (Lipinski definition) is 2. The Bertz CT molecular complexity index is 404. The highest BCUT2D eigenvalue weighted by molar-refractivity contribution is 5.25. The molecule has 2 N–H and O–H groups in total. The van der Waals surface area contributed by atoms with Crippen molar-refractivity contribution in [1.82, 2.24) is 5.32 Å². The summed E-state index contributed by atoms with van der Waals surface area (Å²) in [6.45, 7) is 3.44. The lowest BCUT2D eigenvalue weighted by Gasteiger charge is -2.22. The number of nitrogens with one attached hydrogen (secondary N) is 1. The highest BCUT2D eigenvalue weighted by atomic mass is 16.3. The summed E-state index contributed by atoms with van der Waals surface area (Å²) < 4.78 is 0. The summed E-state index contributed by atoms with van der Waals surface area (Å²) in [5, 5.41) is 13.1. The highest BCUT2D eigenvalue weighted by Gasteiger charge is 2.43. The van der Waals surface area contributed by atoms with Crippen molar-refractivity contribution in [2.45, 2.75) is 38.6 Å². The molecular weight excluding hydrogens is 222 g/mol. The van der Waals surface area contributed by atoms with Gasteiger partial charge in [0, 0.05) is 24.6 Å². The number of aliphatic hydroxyl groups is 1. The lowest BCUT2D eigenvalue weighted by molar-refractivity contribution is 0.202. The molecule has 1 aromatic rings. The van der Waals surface area contributed by atoms with Gasteiger partial charge in [0.15, 0.2) is 0 Å². The fourth-order valence-corrected chi connectivity index (χ4v) is 2.65. The summed E-state index contributed by atoms with van der Waals surface area (Å²) in [6.07, 6.45) is 5.05. The first-order valence-electron chi connectivity index (χ1n) is 7.13. The summed E-state index contributed by atoms with van der Waals surface area (Å²) >= 11 is 0. The van der Waals surface area contributed by atoms with Crippen LogP contribution in [0.5, 0.6) is 0 Å². The van der Waals surface area contributed by atoms with Crippen LogP contribution in [0.4, 0.5) is 0 Å². The molecule has 2 fully saturated rings. The van der Waals surface area contributed by atoms with Crippen LogP contribution >= 0.6 is 0 Å². The van der Waals surface area contributed by atoms with Crippen LogP contribution in [0.15, 0.2) is 24.3 Å². The van der Waals surface area contributed by atoms with E-state index in [0.29, 0.717) is 12.6 Å². The molecule has 2 aliphatic rings. The molecule has 1 atom stereocenters. The minimum absolute atomic E-state index is 0.206. The molecular formula is C16H23NO. The van der Waals surface area contributed by atoms with E-state index in [-0.39, 0.29) is 5.41 Å². The Kier molecular flexibility index (Phi) is 3.16. The van der Waals surface area contributed by atoms with Crippen molar-refractivity contribution in [3.63, 3.8) is 0 Å². The minimum Gasteiger partial charge on any atom is -0.396 e.